The van der Waals surface area contributed by atoms with Crippen molar-refractivity contribution in [3.8, 4) is 11.5 Å². The number of nitrogens with one attached hydrogen (secondary N) is 1. The molecule has 0 radical (unpaired) electrons. The highest BCUT2D eigenvalue weighted by Gasteiger charge is 2.23. The summed E-state index contributed by atoms with van der Waals surface area (Å²) in [6.45, 7) is 3.00. The van der Waals surface area contributed by atoms with Gasteiger partial charge in [0.05, 0.1) is 13.7 Å². The maximum atomic E-state index is 12.4. The molecule has 2 aromatic carbocycles. The number of carbonyl (C=O) groups is 1. The zero-order chi connectivity index (χ0) is 19.8. The lowest BCUT2D eigenvalue weighted by molar-refractivity contribution is 0.179. The second-order valence-electron chi connectivity index (χ2n) is 6.97. The van der Waals surface area contributed by atoms with E-state index in [-0.39, 0.29) is 6.03 Å². The summed E-state index contributed by atoms with van der Waals surface area (Å²) in [6, 6.07) is 15.9. The van der Waals surface area contributed by atoms with Gasteiger partial charge >= 0.3 is 6.03 Å². The summed E-state index contributed by atoms with van der Waals surface area (Å²) < 4.78 is 10.8. The summed E-state index contributed by atoms with van der Waals surface area (Å²) >= 11 is 0. The number of hydrogen-bond donors (Lipinski definition) is 2. The van der Waals surface area contributed by atoms with Gasteiger partial charge in [-0.05, 0) is 54.2 Å². The van der Waals surface area contributed by atoms with E-state index in [0.29, 0.717) is 25.6 Å². The SMILES string of the molecule is COc1ccc(OCCNC(=O)N2CCC(c3cccc(CN)c3)CC2)cc1. The molecule has 0 spiro atoms. The van der Waals surface area contributed by atoms with Crippen molar-refractivity contribution in [2.75, 3.05) is 33.4 Å². The quantitative estimate of drug-likeness (QED) is 0.720. The van der Waals surface area contributed by atoms with E-state index in [2.05, 4.69) is 29.6 Å². The van der Waals surface area contributed by atoms with E-state index in [1.807, 2.05) is 29.2 Å². The van der Waals surface area contributed by atoms with Crippen LogP contribution in [0.1, 0.15) is 29.9 Å². The van der Waals surface area contributed by atoms with Crippen LogP contribution in [0, 0.1) is 0 Å². The fourth-order valence-corrected chi connectivity index (χ4v) is 3.50. The topological polar surface area (TPSA) is 76.8 Å². The first-order valence-electron chi connectivity index (χ1n) is 9.78. The van der Waals surface area contributed by atoms with Crippen LogP contribution in [0.4, 0.5) is 4.79 Å². The van der Waals surface area contributed by atoms with Gasteiger partial charge in [0.25, 0.3) is 0 Å². The number of carbonyl (C=O) groups excluding carboxylic acids is 1. The van der Waals surface area contributed by atoms with E-state index < -0.39 is 0 Å². The van der Waals surface area contributed by atoms with Crippen LogP contribution >= 0.6 is 0 Å². The van der Waals surface area contributed by atoms with Crippen LogP contribution in [-0.4, -0.2) is 44.3 Å². The van der Waals surface area contributed by atoms with Crippen molar-refractivity contribution in [2.45, 2.75) is 25.3 Å². The highest BCUT2D eigenvalue weighted by atomic mass is 16.5. The third-order valence-electron chi connectivity index (χ3n) is 5.15. The second-order valence-corrected chi connectivity index (χ2v) is 6.97. The molecule has 0 aromatic heterocycles. The van der Waals surface area contributed by atoms with Gasteiger partial charge in [0.15, 0.2) is 0 Å². The van der Waals surface area contributed by atoms with E-state index in [1.54, 1.807) is 7.11 Å². The summed E-state index contributed by atoms with van der Waals surface area (Å²) in [5, 5.41) is 2.94. The van der Waals surface area contributed by atoms with E-state index >= 15 is 0 Å². The van der Waals surface area contributed by atoms with Gasteiger partial charge in [-0.1, -0.05) is 24.3 Å². The lowest BCUT2D eigenvalue weighted by Gasteiger charge is -2.32. The minimum atomic E-state index is -0.0208. The van der Waals surface area contributed by atoms with E-state index in [4.69, 9.17) is 15.2 Å². The molecular formula is C22H29N3O3. The molecule has 6 heteroatoms. The molecule has 1 aliphatic rings. The zero-order valence-corrected chi connectivity index (χ0v) is 16.4. The zero-order valence-electron chi connectivity index (χ0n) is 16.4. The predicted octanol–water partition coefficient (Wildman–Crippen LogP) is 3.12. The Hall–Kier alpha value is -2.73. The second kappa shape index (κ2) is 9.99. The number of amides is 2. The molecule has 6 nitrogen and oxygen atoms in total. The molecule has 1 saturated heterocycles. The summed E-state index contributed by atoms with van der Waals surface area (Å²) in [7, 11) is 1.63. The van der Waals surface area contributed by atoms with Crippen molar-refractivity contribution < 1.29 is 14.3 Å². The molecule has 2 amide bonds. The van der Waals surface area contributed by atoms with Crippen LogP contribution in [0.5, 0.6) is 11.5 Å². The van der Waals surface area contributed by atoms with Crippen LogP contribution in [0.2, 0.25) is 0 Å². The molecule has 0 bridgehead atoms. The fourth-order valence-electron chi connectivity index (χ4n) is 3.50. The molecule has 3 rings (SSSR count). The summed E-state index contributed by atoms with van der Waals surface area (Å²) in [5.74, 6) is 2.04. The standard InChI is InChI=1S/C22H29N3O3/c1-27-20-5-7-21(8-6-20)28-14-11-24-22(26)25-12-9-18(10-13-25)19-4-2-3-17(15-19)16-23/h2-8,15,18H,9-14,16,23H2,1H3,(H,24,26). The molecule has 0 aliphatic carbocycles. The summed E-state index contributed by atoms with van der Waals surface area (Å²) in [6.07, 6.45) is 1.95. The monoisotopic (exact) mass is 383 g/mol. The Morgan fingerprint density at radius 2 is 1.86 bits per heavy atom. The molecule has 3 N–H and O–H groups in total. The third kappa shape index (κ3) is 5.39. The molecule has 1 aliphatic heterocycles. The Labute approximate surface area is 166 Å². The van der Waals surface area contributed by atoms with Gasteiger partial charge in [-0.15, -0.1) is 0 Å². The first-order valence-corrected chi connectivity index (χ1v) is 9.78. The Bertz CT molecular complexity index is 756. The van der Waals surface area contributed by atoms with Crippen LogP contribution in [0.15, 0.2) is 48.5 Å². The largest absolute Gasteiger partial charge is 0.497 e. The first kappa shape index (κ1) is 20.0. The van der Waals surface area contributed by atoms with Crippen molar-refractivity contribution in [2.24, 2.45) is 5.73 Å². The lowest BCUT2D eigenvalue weighted by Crippen LogP contribution is -2.45. The number of likely N-dealkylation sites (tertiary alicyclic amines) is 1. The molecule has 150 valence electrons. The third-order valence-corrected chi connectivity index (χ3v) is 5.15. The minimum Gasteiger partial charge on any atom is -0.497 e. The molecule has 0 atom stereocenters. The number of piperidine rings is 1. The number of rotatable bonds is 7. The van der Waals surface area contributed by atoms with Gasteiger partial charge < -0.3 is 25.4 Å². The van der Waals surface area contributed by atoms with Gasteiger partial charge in [-0.2, -0.15) is 0 Å². The molecule has 0 unspecified atom stereocenters. The van der Waals surface area contributed by atoms with Crippen molar-refractivity contribution in [1.29, 1.82) is 0 Å². The Morgan fingerprint density at radius 3 is 2.54 bits per heavy atom. The molecule has 28 heavy (non-hydrogen) atoms. The number of methoxy groups -OCH3 is 1. The van der Waals surface area contributed by atoms with Gasteiger partial charge in [0.1, 0.15) is 18.1 Å². The minimum absolute atomic E-state index is 0.0208. The number of nitrogens with zero attached hydrogens (tertiary/aromatic N) is 1. The highest BCUT2D eigenvalue weighted by Crippen LogP contribution is 2.28. The van der Waals surface area contributed by atoms with Gasteiger partial charge in [0.2, 0.25) is 0 Å². The first-order chi connectivity index (χ1) is 13.7. The van der Waals surface area contributed by atoms with Crippen LogP contribution in [0.25, 0.3) is 0 Å². The van der Waals surface area contributed by atoms with Gasteiger partial charge in [-0.25, -0.2) is 4.79 Å². The number of ether oxygens (including phenoxy) is 2. The maximum absolute atomic E-state index is 12.4. The van der Waals surface area contributed by atoms with Crippen molar-refractivity contribution in [3.05, 3.63) is 59.7 Å². The van der Waals surface area contributed by atoms with Crippen LogP contribution in [0.3, 0.4) is 0 Å². The molecule has 1 fully saturated rings. The van der Waals surface area contributed by atoms with Crippen molar-refractivity contribution in [1.82, 2.24) is 10.2 Å². The van der Waals surface area contributed by atoms with Crippen LogP contribution in [-0.2, 0) is 6.54 Å². The fraction of sp³-hybridized carbons (Fsp3) is 0.409. The Balaban J connectivity index is 1.37. The van der Waals surface area contributed by atoms with E-state index in [1.165, 1.54) is 5.56 Å². The van der Waals surface area contributed by atoms with Crippen molar-refractivity contribution >= 4 is 6.03 Å². The molecular weight excluding hydrogens is 354 g/mol. The van der Waals surface area contributed by atoms with E-state index in [0.717, 1.165) is 43.0 Å². The smallest absolute Gasteiger partial charge is 0.317 e. The summed E-state index contributed by atoms with van der Waals surface area (Å²) in [5.41, 5.74) is 8.23. The predicted molar refractivity (Wildman–Crippen MR) is 110 cm³/mol. The Morgan fingerprint density at radius 1 is 1.14 bits per heavy atom. The number of hydrogen-bond acceptors (Lipinski definition) is 4. The number of benzene rings is 2. The normalized spacial score (nSPS) is 14.6. The maximum Gasteiger partial charge on any atom is 0.317 e. The number of nitrogens with two attached hydrogens (primary N) is 1. The van der Waals surface area contributed by atoms with Crippen LogP contribution < -0.4 is 20.5 Å². The highest BCUT2D eigenvalue weighted by molar-refractivity contribution is 5.74. The molecule has 1 heterocycles. The average Bonchev–Trinajstić information content (AvgIpc) is 2.77. The molecule has 0 saturated carbocycles. The lowest BCUT2D eigenvalue weighted by atomic mass is 9.88. The van der Waals surface area contributed by atoms with Gasteiger partial charge in [-0.3, -0.25) is 0 Å². The Kier molecular flexibility index (Phi) is 7.14. The number of urea groups is 1. The van der Waals surface area contributed by atoms with Gasteiger partial charge in [0, 0.05) is 19.6 Å². The average molecular weight is 383 g/mol. The van der Waals surface area contributed by atoms with E-state index in [9.17, 15) is 4.79 Å². The summed E-state index contributed by atoms with van der Waals surface area (Å²) in [4.78, 5) is 14.2. The van der Waals surface area contributed by atoms with Crippen molar-refractivity contribution in [3.63, 3.8) is 0 Å². The molecule has 2 aromatic rings.